The zero-order chi connectivity index (χ0) is 17.1. The van der Waals surface area contributed by atoms with Crippen molar-refractivity contribution in [3.05, 3.63) is 0 Å². The first-order valence-corrected chi connectivity index (χ1v) is 9.12. The highest BCUT2D eigenvalue weighted by molar-refractivity contribution is 5.86. The van der Waals surface area contributed by atoms with E-state index in [0.29, 0.717) is 25.7 Å². The zero-order valence-corrected chi connectivity index (χ0v) is 14.1. The van der Waals surface area contributed by atoms with Crippen molar-refractivity contribution in [2.24, 2.45) is 5.92 Å². The lowest BCUT2D eigenvalue weighted by molar-refractivity contribution is -0.141. The second-order valence-electron chi connectivity index (χ2n) is 7.29. The van der Waals surface area contributed by atoms with Crippen molar-refractivity contribution in [2.45, 2.75) is 63.5 Å². The van der Waals surface area contributed by atoms with Crippen LogP contribution in [0.15, 0.2) is 0 Å². The van der Waals surface area contributed by atoms with Gasteiger partial charge in [0.25, 0.3) is 0 Å². The summed E-state index contributed by atoms with van der Waals surface area (Å²) in [6, 6.07) is 0.387. The molecule has 1 aliphatic carbocycles. The van der Waals surface area contributed by atoms with Gasteiger partial charge in [0.05, 0.1) is 5.92 Å². The molecule has 7 heteroatoms. The molecule has 2 heterocycles. The fourth-order valence-electron chi connectivity index (χ4n) is 4.14. The van der Waals surface area contributed by atoms with Crippen LogP contribution in [0.1, 0.15) is 51.4 Å². The summed E-state index contributed by atoms with van der Waals surface area (Å²) in [6.45, 7) is 1.57. The predicted octanol–water partition coefficient (Wildman–Crippen LogP) is 1.43. The van der Waals surface area contributed by atoms with Crippen LogP contribution in [0.2, 0.25) is 0 Å². The first-order valence-electron chi connectivity index (χ1n) is 9.12. The largest absolute Gasteiger partial charge is 0.481 e. The maximum atomic E-state index is 12.4. The number of hydrogen-bond acceptors (Lipinski definition) is 3. The van der Waals surface area contributed by atoms with E-state index in [9.17, 15) is 14.4 Å². The van der Waals surface area contributed by atoms with Crippen LogP contribution in [0.3, 0.4) is 0 Å². The van der Waals surface area contributed by atoms with E-state index < -0.39 is 11.9 Å². The molecule has 0 spiro atoms. The van der Waals surface area contributed by atoms with Crippen molar-refractivity contribution in [1.29, 1.82) is 0 Å². The molecule has 3 aliphatic rings. The minimum absolute atomic E-state index is 0.0107. The van der Waals surface area contributed by atoms with Gasteiger partial charge >= 0.3 is 12.0 Å². The molecule has 0 aromatic heterocycles. The van der Waals surface area contributed by atoms with E-state index in [-0.39, 0.29) is 24.4 Å². The number of likely N-dealkylation sites (tertiary alicyclic amines) is 2. The Balaban J connectivity index is 1.46. The molecule has 2 N–H and O–H groups in total. The van der Waals surface area contributed by atoms with E-state index in [1.165, 1.54) is 19.3 Å². The molecule has 0 bridgehead atoms. The first kappa shape index (κ1) is 17.0. The highest BCUT2D eigenvalue weighted by Gasteiger charge is 2.39. The van der Waals surface area contributed by atoms with Crippen LogP contribution in [0, 0.1) is 5.92 Å². The Kier molecular flexibility index (Phi) is 5.26. The van der Waals surface area contributed by atoms with Crippen LogP contribution < -0.4 is 5.32 Å². The number of rotatable bonds is 3. The predicted molar refractivity (Wildman–Crippen MR) is 87.5 cm³/mol. The fraction of sp³-hybridized carbons (Fsp3) is 0.824. The van der Waals surface area contributed by atoms with E-state index in [4.69, 9.17) is 5.11 Å². The van der Waals surface area contributed by atoms with Crippen LogP contribution in [-0.2, 0) is 9.59 Å². The van der Waals surface area contributed by atoms with E-state index >= 15 is 0 Å². The molecule has 3 amide bonds. The molecular formula is C17H27N3O4. The number of piperidine rings is 1. The van der Waals surface area contributed by atoms with Crippen molar-refractivity contribution in [2.75, 3.05) is 19.6 Å². The van der Waals surface area contributed by atoms with Gasteiger partial charge in [0.15, 0.2) is 0 Å². The lowest BCUT2D eigenvalue weighted by Crippen LogP contribution is -2.51. The normalized spacial score (nSPS) is 26.7. The Labute approximate surface area is 142 Å². The Morgan fingerprint density at radius 2 is 1.71 bits per heavy atom. The van der Waals surface area contributed by atoms with Gasteiger partial charge in [-0.1, -0.05) is 19.3 Å². The molecule has 0 aromatic rings. The average Bonchev–Trinajstić information content (AvgIpc) is 2.98. The lowest BCUT2D eigenvalue weighted by Gasteiger charge is -2.37. The summed E-state index contributed by atoms with van der Waals surface area (Å²) in [7, 11) is 0. The molecule has 0 aromatic carbocycles. The number of carbonyl (C=O) groups excluding carboxylic acids is 2. The molecule has 0 radical (unpaired) electrons. The summed E-state index contributed by atoms with van der Waals surface area (Å²) < 4.78 is 0. The number of amides is 3. The molecule has 3 rings (SSSR count). The SMILES string of the molecule is O=C(O)C1CC(=O)N(C2CCN(C(=O)NC3CCCCC3)CC2)C1. The van der Waals surface area contributed by atoms with Gasteiger partial charge in [-0.05, 0) is 25.7 Å². The number of carboxylic acid groups (broad SMARTS) is 1. The van der Waals surface area contributed by atoms with Crippen LogP contribution in [0.5, 0.6) is 0 Å². The third kappa shape index (κ3) is 3.82. The topological polar surface area (TPSA) is 90.0 Å². The highest BCUT2D eigenvalue weighted by Crippen LogP contribution is 2.26. The molecule has 1 unspecified atom stereocenters. The summed E-state index contributed by atoms with van der Waals surface area (Å²) in [4.78, 5) is 39.0. The second-order valence-corrected chi connectivity index (χ2v) is 7.29. The maximum Gasteiger partial charge on any atom is 0.317 e. The minimum Gasteiger partial charge on any atom is -0.481 e. The van der Waals surface area contributed by atoms with Gasteiger partial charge in [-0.15, -0.1) is 0 Å². The number of urea groups is 1. The van der Waals surface area contributed by atoms with Gasteiger partial charge in [-0.3, -0.25) is 9.59 Å². The molecule has 134 valence electrons. The van der Waals surface area contributed by atoms with Gasteiger partial charge in [0, 0.05) is 38.1 Å². The third-order valence-corrected chi connectivity index (χ3v) is 5.63. The number of nitrogens with one attached hydrogen (secondary N) is 1. The van der Waals surface area contributed by atoms with Crippen molar-refractivity contribution < 1.29 is 19.5 Å². The number of nitrogens with zero attached hydrogens (tertiary/aromatic N) is 2. The van der Waals surface area contributed by atoms with Crippen LogP contribution in [-0.4, -0.2) is 64.5 Å². The van der Waals surface area contributed by atoms with Gasteiger partial charge in [0.1, 0.15) is 0 Å². The average molecular weight is 337 g/mol. The smallest absolute Gasteiger partial charge is 0.317 e. The zero-order valence-electron chi connectivity index (χ0n) is 14.1. The first-order chi connectivity index (χ1) is 11.5. The summed E-state index contributed by atoms with van der Waals surface area (Å²) in [5.74, 6) is -1.53. The minimum atomic E-state index is -0.893. The van der Waals surface area contributed by atoms with E-state index in [1.54, 1.807) is 4.90 Å². The number of carbonyl (C=O) groups is 3. The molecule has 24 heavy (non-hydrogen) atoms. The summed E-state index contributed by atoms with van der Waals surface area (Å²) in [6.07, 6.45) is 7.36. The molecule has 2 aliphatic heterocycles. The van der Waals surface area contributed by atoms with Gasteiger partial charge in [0.2, 0.25) is 5.91 Å². The van der Waals surface area contributed by atoms with E-state index in [2.05, 4.69) is 5.32 Å². The third-order valence-electron chi connectivity index (χ3n) is 5.63. The van der Waals surface area contributed by atoms with Crippen LogP contribution >= 0.6 is 0 Å². The Hall–Kier alpha value is -1.79. The molecule has 7 nitrogen and oxygen atoms in total. The number of aliphatic carboxylic acids is 1. The van der Waals surface area contributed by atoms with Crippen molar-refractivity contribution in [3.8, 4) is 0 Å². The van der Waals surface area contributed by atoms with Crippen LogP contribution in [0.4, 0.5) is 4.79 Å². The van der Waals surface area contributed by atoms with Crippen LogP contribution in [0.25, 0.3) is 0 Å². The summed E-state index contributed by atoms with van der Waals surface area (Å²) >= 11 is 0. The van der Waals surface area contributed by atoms with E-state index in [0.717, 1.165) is 25.7 Å². The van der Waals surface area contributed by atoms with Crippen molar-refractivity contribution >= 4 is 17.9 Å². The standard InChI is InChI=1S/C17H27N3O4/c21-15-10-12(16(22)23)11-20(15)14-6-8-19(9-7-14)17(24)18-13-4-2-1-3-5-13/h12-14H,1-11H2,(H,18,24)(H,22,23). The quantitative estimate of drug-likeness (QED) is 0.815. The number of hydrogen-bond donors (Lipinski definition) is 2. The highest BCUT2D eigenvalue weighted by atomic mass is 16.4. The van der Waals surface area contributed by atoms with Gasteiger partial charge in [-0.2, -0.15) is 0 Å². The molecule has 2 saturated heterocycles. The van der Waals surface area contributed by atoms with Crippen molar-refractivity contribution in [3.63, 3.8) is 0 Å². The van der Waals surface area contributed by atoms with Gasteiger partial charge in [-0.25, -0.2) is 4.79 Å². The van der Waals surface area contributed by atoms with Crippen molar-refractivity contribution in [1.82, 2.24) is 15.1 Å². The van der Waals surface area contributed by atoms with E-state index in [1.807, 2.05) is 4.90 Å². The Bertz CT molecular complexity index is 496. The Morgan fingerprint density at radius 1 is 1.04 bits per heavy atom. The lowest BCUT2D eigenvalue weighted by atomic mass is 9.95. The summed E-state index contributed by atoms with van der Waals surface area (Å²) in [5.41, 5.74) is 0. The Morgan fingerprint density at radius 3 is 2.29 bits per heavy atom. The second kappa shape index (κ2) is 7.40. The molecule has 1 atom stereocenters. The maximum absolute atomic E-state index is 12.4. The monoisotopic (exact) mass is 337 g/mol. The molecule has 1 saturated carbocycles. The molecular weight excluding hydrogens is 310 g/mol. The van der Waals surface area contributed by atoms with Gasteiger partial charge < -0.3 is 20.2 Å². The summed E-state index contributed by atoms with van der Waals surface area (Å²) in [5, 5.41) is 12.2. The number of carboxylic acids is 1. The molecule has 3 fully saturated rings. The fourth-order valence-corrected chi connectivity index (χ4v) is 4.14.